The Hall–Kier alpha value is -1.64. The third kappa shape index (κ3) is 2.42. The molecular weight excluding hydrogens is 180 g/mol. The first-order valence-corrected chi connectivity index (χ1v) is 4.51. The number of benzene rings is 1. The third-order valence-electron chi connectivity index (χ3n) is 1.86. The minimum atomic E-state index is -0.480. The Bertz CT molecular complexity index is 338. The van der Waals surface area contributed by atoms with Crippen molar-refractivity contribution >= 4 is 11.6 Å². The fourth-order valence-corrected chi connectivity index (χ4v) is 1.11. The zero-order valence-corrected chi connectivity index (χ0v) is 7.99. The molecule has 0 fully saturated rings. The summed E-state index contributed by atoms with van der Waals surface area (Å²) in [6.45, 7) is 1.85. The molecule has 1 aromatic carbocycles. The van der Waals surface area contributed by atoms with E-state index in [1.807, 2.05) is 6.92 Å². The van der Waals surface area contributed by atoms with Gasteiger partial charge in [0.25, 0.3) is 0 Å². The Balaban J connectivity index is 2.79. The highest BCUT2D eigenvalue weighted by atomic mass is 16.3. The predicted molar refractivity (Wildman–Crippen MR) is 52.4 cm³/mol. The van der Waals surface area contributed by atoms with Gasteiger partial charge >= 0.3 is 0 Å². The molecule has 0 spiro atoms. The van der Waals surface area contributed by atoms with Gasteiger partial charge in [0.15, 0.2) is 0 Å². The Morgan fingerprint density at radius 3 is 2.29 bits per heavy atom. The topological polar surface area (TPSA) is 54.4 Å². The van der Waals surface area contributed by atoms with E-state index in [-0.39, 0.29) is 18.0 Å². The highest BCUT2D eigenvalue weighted by molar-refractivity contribution is 6.43. The van der Waals surface area contributed by atoms with Crippen LogP contribution in [-0.4, -0.2) is 16.7 Å². The van der Waals surface area contributed by atoms with Gasteiger partial charge in [0.05, 0.1) is 0 Å². The van der Waals surface area contributed by atoms with Crippen LogP contribution < -0.4 is 0 Å². The van der Waals surface area contributed by atoms with E-state index >= 15 is 0 Å². The second-order valence-electron chi connectivity index (χ2n) is 3.05. The van der Waals surface area contributed by atoms with Crippen LogP contribution in [0.1, 0.15) is 30.1 Å². The summed E-state index contributed by atoms with van der Waals surface area (Å²) in [5.41, 5.74) is 0.334. The molecule has 1 rings (SSSR count). The Kier molecular flexibility index (Phi) is 3.40. The Morgan fingerprint density at radius 1 is 1.21 bits per heavy atom. The maximum Gasteiger partial charge on any atom is 0.228 e. The van der Waals surface area contributed by atoms with E-state index in [9.17, 15) is 9.59 Å². The summed E-state index contributed by atoms with van der Waals surface area (Å²) in [5, 5.41) is 8.98. The summed E-state index contributed by atoms with van der Waals surface area (Å²) in [7, 11) is 0. The zero-order valence-electron chi connectivity index (χ0n) is 7.99. The van der Waals surface area contributed by atoms with Gasteiger partial charge in [-0.25, -0.2) is 0 Å². The van der Waals surface area contributed by atoms with Crippen molar-refractivity contribution in [2.45, 2.75) is 19.8 Å². The number of rotatable bonds is 4. The fraction of sp³-hybridized carbons (Fsp3) is 0.273. The first-order chi connectivity index (χ1) is 6.65. The van der Waals surface area contributed by atoms with Crippen molar-refractivity contribution in [2.24, 2.45) is 0 Å². The normalized spacial score (nSPS) is 9.79. The van der Waals surface area contributed by atoms with Crippen molar-refractivity contribution in [1.82, 2.24) is 0 Å². The quantitative estimate of drug-likeness (QED) is 0.586. The number of aromatic hydroxyl groups is 1. The molecule has 0 saturated carbocycles. The minimum Gasteiger partial charge on any atom is -0.508 e. The van der Waals surface area contributed by atoms with Gasteiger partial charge in [0.1, 0.15) is 5.75 Å². The predicted octanol–water partition coefficient (Wildman–Crippen LogP) is 1.94. The van der Waals surface area contributed by atoms with Gasteiger partial charge in [0, 0.05) is 12.0 Å². The van der Waals surface area contributed by atoms with Crippen molar-refractivity contribution in [2.75, 3.05) is 0 Å². The van der Waals surface area contributed by atoms with E-state index in [4.69, 9.17) is 5.11 Å². The van der Waals surface area contributed by atoms with Crippen molar-refractivity contribution in [1.29, 1.82) is 0 Å². The van der Waals surface area contributed by atoms with Crippen LogP contribution in [0.25, 0.3) is 0 Å². The van der Waals surface area contributed by atoms with E-state index in [2.05, 4.69) is 0 Å². The molecule has 0 unspecified atom stereocenters. The molecular formula is C11H12O3. The van der Waals surface area contributed by atoms with E-state index in [0.717, 1.165) is 0 Å². The lowest BCUT2D eigenvalue weighted by Crippen LogP contribution is -2.13. The maximum atomic E-state index is 11.4. The molecule has 0 atom stereocenters. The average Bonchev–Trinajstić information content (AvgIpc) is 2.18. The highest BCUT2D eigenvalue weighted by Crippen LogP contribution is 2.11. The number of carbonyl (C=O) groups excluding carboxylic acids is 2. The summed E-state index contributed by atoms with van der Waals surface area (Å²) in [4.78, 5) is 22.6. The Labute approximate surface area is 82.4 Å². The second-order valence-corrected chi connectivity index (χ2v) is 3.05. The summed E-state index contributed by atoms with van der Waals surface area (Å²) in [5.74, 6) is -0.769. The summed E-state index contributed by atoms with van der Waals surface area (Å²) >= 11 is 0. The molecule has 0 aliphatic heterocycles. The fourth-order valence-electron chi connectivity index (χ4n) is 1.11. The summed E-state index contributed by atoms with van der Waals surface area (Å²) in [6, 6.07) is 5.69. The molecule has 0 radical (unpaired) electrons. The van der Waals surface area contributed by atoms with Crippen molar-refractivity contribution in [3.8, 4) is 5.75 Å². The van der Waals surface area contributed by atoms with Crippen LogP contribution in [0.3, 0.4) is 0 Å². The second kappa shape index (κ2) is 4.56. The third-order valence-corrected chi connectivity index (χ3v) is 1.86. The smallest absolute Gasteiger partial charge is 0.228 e. The molecule has 0 amide bonds. The van der Waals surface area contributed by atoms with Gasteiger partial charge in [0.2, 0.25) is 11.6 Å². The number of hydrogen-bond acceptors (Lipinski definition) is 3. The van der Waals surface area contributed by atoms with Crippen molar-refractivity contribution in [3.63, 3.8) is 0 Å². The molecule has 1 N–H and O–H groups in total. The highest BCUT2D eigenvalue weighted by Gasteiger charge is 2.14. The van der Waals surface area contributed by atoms with Crippen molar-refractivity contribution in [3.05, 3.63) is 29.8 Å². The minimum absolute atomic E-state index is 0.0875. The van der Waals surface area contributed by atoms with Crippen LogP contribution in [0, 0.1) is 0 Å². The van der Waals surface area contributed by atoms with Crippen LogP contribution in [0.15, 0.2) is 24.3 Å². The van der Waals surface area contributed by atoms with Crippen LogP contribution in [0.2, 0.25) is 0 Å². The van der Waals surface area contributed by atoms with Crippen molar-refractivity contribution < 1.29 is 14.7 Å². The number of ketones is 2. The molecule has 0 aromatic heterocycles. The van der Waals surface area contributed by atoms with Crippen LogP contribution in [0.5, 0.6) is 5.75 Å². The molecule has 0 saturated heterocycles. The van der Waals surface area contributed by atoms with E-state index in [1.165, 1.54) is 24.3 Å². The molecule has 0 bridgehead atoms. The standard InChI is InChI=1S/C11H12O3/c1-2-3-10(13)11(14)8-4-6-9(12)7-5-8/h4-7,12H,2-3H2,1H3. The van der Waals surface area contributed by atoms with Crippen LogP contribution >= 0.6 is 0 Å². The van der Waals surface area contributed by atoms with Gasteiger partial charge < -0.3 is 5.11 Å². The molecule has 14 heavy (non-hydrogen) atoms. The van der Waals surface area contributed by atoms with Gasteiger partial charge in [-0.1, -0.05) is 6.92 Å². The maximum absolute atomic E-state index is 11.4. The lowest BCUT2D eigenvalue weighted by atomic mass is 10.0. The number of Topliss-reactive ketones (excluding diaryl/α,β-unsaturated/α-hetero) is 2. The molecule has 0 aliphatic rings. The molecule has 74 valence electrons. The summed E-state index contributed by atoms with van der Waals surface area (Å²) in [6.07, 6.45) is 0.947. The van der Waals surface area contributed by atoms with E-state index < -0.39 is 5.78 Å². The van der Waals surface area contributed by atoms with Crippen LogP contribution in [-0.2, 0) is 4.79 Å². The number of phenols is 1. The SMILES string of the molecule is CCCC(=O)C(=O)c1ccc(O)cc1. The van der Waals surface area contributed by atoms with Gasteiger partial charge in [-0.05, 0) is 30.7 Å². The first-order valence-electron chi connectivity index (χ1n) is 4.51. The molecule has 0 aliphatic carbocycles. The number of phenolic OH excluding ortho intramolecular Hbond substituents is 1. The average molecular weight is 192 g/mol. The van der Waals surface area contributed by atoms with Gasteiger partial charge in [-0.2, -0.15) is 0 Å². The summed E-state index contributed by atoms with van der Waals surface area (Å²) < 4.78 is 0. The first kappa shape index (κ1) is 10.4. The zero-order chi connectivity index (χ0) is 10.6. The number of hydrogen-bond donors (Lipinski definition) is 1. The van der Waals surface area contributed by atoms with Gasteiger partial charge in [-0.3, -0.25) is 9.59 Å². The number of carbonyl (C=O) groups is 2. The van der Waals surface area contributed by atoms with Crippen LogP contribution in [0.4, 0.5) is 0 Å². The van der Waals surface area contributed by atoms with Gasteiger partial charge in [-0.15, -0.1) is 0 Å². The van der Waals surface area contributed by atoms with E-state index in [1.54, 1.807) is 0 Å². The largest absolute Gasteiger partial charge is 0.508 e. The lowest BCUT2D eigenvalue weighted by molar-refractivity contribution is -0.115. The molecule has 0 heterocycles. The molecule has 1 aromatic rings. The monoisotopic (exact) mass is 192 g/mol. The molecule has 3 heteroatoms. The van der Waals surface area contributed by atoms with E-state index in [0.29, 0.717) is 12.0 Å². The Morgan fingerprint density at radius 2 is 1.79 bits per heavy atom. The lowest BCUT2D eigenvalue weighted by Gasteiger charge is -1.98. The molecule has 3 nitrogen and oxygen atoms in total.